The van der Waals surface area contributed by atoms with Crippen molar-refractivity contribution in [1.29, 1.82) is 0 Å². The fraction of sp³-hybridized carbons (Fsp3) is 0.263. The third-order valence-corrected chi connectivity index (χ3v) is 4.85. The molecule has 0 aliphatic heterocycles. The molecule has 0 unspecified atom stereocenters. The highest BCUT2D eigenvalue weighted by atomic mass is 32.2. The van der Waals surface area contributed by atoms with Gasteiger partial charge in [-0.05, 0) is 62.4 Å². The van der Waals surface area contributed by atoms with E-state index in [0.29, 0.717) is 11.4 Å². The van der Waals surface area contributed by atoms with Gasteiger partial charge in [0.05, 0.1) is 12.5 Å². The second-order valence-corrected chi connectivity index (χ2v) is 10.3. The third kappa shape index (κ3) is 7.57. The van der Waals surface area contributed by atoms with Crippen LogP contribution in [0.1, 0.15) is 13.8 Å². The Morgan fingerprint density at radius 2 is 0.968 bits per heavy atom. The number of hydrogen-bond donors (Lipinski definition) is 2. The summed E-state index contributed by atoms with van der Waals surface area (Å²) >= 11 is 0. The highest BCUT2D eigenvalue weighted by molar-refractivity contribution is 7.86. The zero-order valence-corrected chi connectivity index (χ0v) is 18.8. The summed E-state index contributed by atoms with van der Waals surface area (Å²) in [7, 11) is -7.33. The molecule has 2 N–H and O–H groups in total. The van der Waals surface area contributed by atoms with Crippen molar-refractivity contribution in [2.45, 2.75) is 13.8 Å². The van der Waals surface area contributed by atoms with Gasteiger partial charge < -0.3 is 19.0 Å². The van der Waals surface area contributed by atoms with E-state index in [1.54, 1.807) is 0 Å². The summed E-state index contributed by atoms with van der Waals surface area (Å²) in [5.74, 6) is -1.03. The molecule has 10 nitrogen and oxygen atoms in total. The van der Waals surface area contributed by atoms with Crippen LogP contribution in [0.3, 0.4) is 0 Å². The summed E-state index contributed by atoms with van der Waals surface area (Å²) in [5, 5.41) is 5.16. The average molecular weight is 471 g/mol. The van der Waals surface area contributed by atoms with Crippen LogP contribution in [-0.2, 0) is 29.8 Å². The Balaban J connectivity index is 2.03. The summed E-state index contributed by atoms with van der Waals surface area (Å²) in [6, 6.07) is 11.2. The van der Waals surface area contributed by atoms with Crippen molar-refractivity contribution < 1.29 is 34.8 Å². The second-order valence-electron chi connectivity index (χ2n) is 7.16. The van der Waals surface area contributed by atoms with Gasteiger partial charge in [-0.15, -0.1) is 0 Å². The third-order valence-electron chi connectivity index (χ3n) is 3.85. The van der Waals surface area contributed by atoms with E-state index in [0.717, 1.165) is 12.5 Å². The quantitative estimate of drug-likeness (QED) is 0.440. The number of nitrogens with one attached hydrogen (secondary N) is 2. The van der Waals surface area contributed by atoms with Crippen LogP contribution in [0.4, 0.5) is 11.4 Å². The first-order chi connectivity index (χ1) is 14.2. The molecule has 0 radical (unpaired) electrons. The standard InChI is InChI=1S/C19H22N2O8S2/c1-19(2,17(22)20-13-5-9-15(10-6-13)28-30(3,24)25)18(23)21-14-7-11-16(12-8-14)29-31(4,26)27/h5-12H,1-4H3,(H,20,22)(H,21,23). The van der Waals surface area contributed by atoms with Crippen LogP contribution >= 0.6 is 0 Å². The van der Waals surface area contributed by atoms with Crippen LogP contribution in [0, 0.1) is 5.41 Å². The zero-order valence-electron chi connectivity index (χ0n) is 17.2. The first-order valence-electron chi connectivity index (χ1n) is 8.78. The van der Waals surface area contributed by atoms with Gasteiger partial charge in [-0.25, -0.2) is 0 Å². The van der Waals surface area contributed by atoms with Gasteiger partial charge in [0.2, 0.25) is 11.8 Å². The number of anilines is 2. The summed E-state index contributed by atoms with van der Waals surface area (Å²) in [5.41, 5.74) is -0.785. The average Bonchev–Trinajstić information content (AvgIpc) is 2.62. The van der Waals surface area contributed by atoms with Crippen molar-refractivity contribution in [1.82, 2.24) is 0 Å². The van der Waals surface area contributed by atoms with Crippen LogP contribution in [-0.4, -0.2) is 41.2 Å². The van der Waals surface area contributed by atoms with Crippen molar-refractivity contribution in [2.24, 2.45) is 5.41 Å². The van der Waals surface area contributed by atoms with Gasteiger partial charge in [-0.1, -0.05) is 0 Å². The minimum atomic E-state index is -3.67. The van der Waals surface area contributed by atoms with Crippen molar-refractivity contribution in [3.05, 3.63) is 48.5 Å². The molecule has 0 atom stereocenters. The second kappa shape index (κ2) is 8.94. The van der Waals surface area contributed by atoms with Crippen molar-refractivity contribution >= 4 is 43.4 Å². The van der Waals surface area contributed by atoms with Crippen LogP contribution in [0.2, 0.25) is 0 Å². The number of hydrogen-bond acceptors (Lipinski definition) is 8. The van der Waals surface area contributed by atoms with Crippen LogP contribution in [0.25, 0.3) is 0 Å². The van der Waals surface area contributed by atoms with Gasteiger partial charge in [0.15, 0.2) is 0 Å². The lowest BCUT2D eigenvalue weighted by atomic mass is 9.90. The molecule has 0 spiro atoms. The zero-order chi connectivity index (χ0) is 23.4. The predicted octanol–water partition coefficient (Wildman–Crippen LogP) is 1.97. The molecule has 0 aliphatic carbocycles. The number of amides is 2. The van der Waals surface area contributed by atoms with Crippen molar-refractivity contribution in [3.63, 3.8) is 0 Å². The normalized spacial score (nSPS) is 12.0. The highest BCUT2D eigenvalue weighted by Crippen LogP contribution is 2.24. The summed E-state index contributed by atoms with van der Waals surface area (Å²) in [6.45, 7) is 2.86. The highest BCUT2D eigenvalue weighted by Gasteiger charge is 2.36. The minimum Gasteiger partial charge on any atom is -0.383 e. The van der Waals surface area contributed by atoms with Gasteiger partial charge >= 0.3 is 20.2 Å². The molecule has 2 aromatic carbocycles. The molecule has 2 amide bonds. The van der Waals surface area contributed by atoms with E-state index < -0.39 is 37.5 Å². The minimum absolute atomic E-state index is 0.0841. The Bertz CT molecular complexity index is 1080. The molecular weight excluding hydrogens is 448 g/mol. The van der Waals surface area contributed by atoms with E-state index in [4.69, 9.17) is 8.37 Å². The molecule has 0 saturated heterocycles. The fourth-order valence-electron chi connectivity index (χ4n) is 2.22. The largest absolute Gasteiger partial charge is 0.383 e. The van der Waals surface area contributed by atoms with Crippen LogP contribution in [0.5, 0.6) is 11.5 Å². The van der Waals surface area contributed by atoms with E-state index in [1.165, 1.54) is 62.4 Å². The number of rotatable bonds is 8. The number of carbonyl (C=O) groups is 2. The van der Waals surface area contributed by atoms with Crippen molar-refractivity contribution in [3.8, 4) is 11.5 Å². The number of benzene rings is 2. The molecule has 12 heteroatoms. The Morgan fingerprint density at radius 3 is 1.23 bits per heavy atom. The fourth-order valence-corrected chi connectivity index (χ4v) is 3.14. The predicted molar refractivity (Wildman–Crippen MR) is 115 cm³/mol. The van der Waals surface area contributed by atoms with E-state index in [1.807, 2.05) is 0 Å². The van der Waals surface area contributed by atoms with Crippen LogP contribution < -0.4 is 19.0 Å². The van der Waals surface area contributed by atoms with Gasteiger partial charge in [-0.3, -0.25) is 9.59 Å². The topological polar surface area (TPSA) is 145 Å². The summed E-state index contributed by atoms with van der Waals surface area (Å²) in [4.78, 5) is 25.2. The maximum absolute atomic E-state index is 12.6. The molecular formula is C19H22N2O8S2. The molecule has 31 heavy (non-hydrogen) atoms. The molecule has 168 valence electrons. The Kier molecular flexibility index (Phi) is 6.96. The first-order valence-corrected chi connectivity index (χ1v) is 12.4. The Labute approximate surface area is 180 Å². The molecule has 0 heterocycles. The maximum Gasteiger partial charge on any atom is 0.306 e. The summed E-state index contributed by atoms with van der Waals surface area (Å²) < 4.78 is 54.0. The Hall–Kier alpha value is -3.12. The molecule has 0 fully saturated rings. The molecule has 0 bridgehead atoms. The van der Waals surface area contributed by atoms with E-state index in [2.05, 4.69) is 10.6 Å². The van der Waals surface area contributed by atoms with Gasteiger partial charge in [0, 0.05) is 11.4 Å². The van der Waals surface area contributed by atoms with E-state index in [9.17, 15) is 26.4 Å². The molecule has 0 aromatic heterocycles. The smallest absolute Gasteiger partial charge is 0.306 e. The molecule has 2 aromatic rings. The van der Waals surface area contributed by atoms with E-state index >= 15 is 0 Å². The number of carbonyl (C=O) groups excluding carboxylic acids is 2. The lowest BCUT2D eigenvalue weighted by Crippen LogP contribution is -2.41. The van der Waals surface area contributed by atoms with Gasteiger partial charge in [0.1, 0.15) is 16.9 Å². The van der Waals surface area contributed by atoms with Gasteiger partial charge in [0.25, 0.3) is 0 Å². The maximum atomic E-state index is 12.6. The molecule has 0 aliphatic rings. The Morgan fingerprint density at radius 1 is 0.677 bits per heavy atom. The van der Waals surface area contributed by atoms with Gasteiger partial charge in [-0.2, -0.15) is 16.8 Å². The summed E-state index contributed by atoms with van der Waals surface area (Å²) in [6.07, 6.45) is 1.83. The lowest BCUT2D eigenvalue weighted by molar-refractivity contribution is -0.135. The van der Waals surface area contributed by atoms with Crippen LogP contribution in [0.15, 0.2) is 48.5 Å². The lowest BCUT2D eigenvalue weighted by Gasteiger charge is -2.23. The van der Waals surface area contributed by atoms with Crippen molar-refractivity contribution in [2.75, 3.05) is 23.1 Å². The monoisotopic (exact) mass is 470 g/mol. The first kappa shape index (κ1) is 24.2. The van der Waals surface area contributed by atoms with E-state index in [-0.39, 0.29) is 11.5 Å². The molecule has 0 saturated carbocycles. The SMILES string of the molecule is CC(C)(C(=O)Nc1ccc(OS(C)(=O)=O)cc1)C(=O)Nc1ccc(OS(C)(=O)=O)cc1. The molecule has 2 rings (SSSR count).